The maximum atomic E-state index is 12.9. The van der Waals surface area contributed by atoms with Crippen molar-refractivity contribution in [2.45, 2.75) is 39.0 Å². The Bertz CT molecular complexity index is 982. The van der Waals surface area contributed by atoms with Gasteiger partial charge < -0.3 is 10.1 Å². The first-order valence-electron chi connectivity index (χ1n) is 9.95. The van der Waals surface area contributed by atoms with Crippen LogP contribution in [0.3, 0.4) is 0 Å². The summed E-state index contributed by atoms with van der Waals surface area (Å²) in [6.07, 6.45) is 0.845. The van der Waals surface area contributed by atoms with E-state index >= 15 is 0 Å². The smallest absolute Gasteiger partial charge is 0.243 e. The SMILES string of the molecule is CCN(CC)S(=O)(=O)c1ccc(Oc2ccc(C)cc2)c(NC(=O)C2CC2C)c1. The van der Waals surface area contributed by atoms with Gasteiger partial charge in [-0.1, -0.05) is 38.5 Å². The first-order chi connectivity index (χ1) is 13.8. The van der Waals surface area contributed by atoms with Crippen LogP contribution in [0.5, 0.6) is 11.5 Å². The van der Waals surface area contributed by atoms with Crippen molar-refractivity contribution in [1.82, 2.24) is 4.31 Å². The zero-order valence-corrected chi connectivity index (χ0v) is 18.1. The molecule has 2 aromatic rings. The van der Waals surface area contributed by atoms with E-state index in [4.69, 9.17) is 4.74 Å². The molecule has 0 radical (unpaired) electrons. The molecule has 2 unspecified atom stereocenters. The quantitative estimate of drug-likeness (QED) is 0.691. The molecule has 29 heavy (non-hydrogen) atoms. The van der Waals surface area contributed by atoms with Gasteiger partial charge in [-0.2, -0.15) is 4.31 Å². The molecule has 0 saturated heterocycles. The summed E-state index contributed by atoms with van der Waals surface area (Å²) in [7, 11) is -3.64. The van der Waals surface area contributed by atoms with Crippen LogP contribution in [0.2, 0.25) is 0 Å². The molecule has 3 rings (SSSR count). The van der Waals surface area contributed by atoms with Gasteiger partial charge in [-0.15, -0.1) is 0 Å². The minimum atomic E-state index is -3.64. The Balaban J connectivity index is 1.96. The van der Waals surface area contributed by atoms with Crippen LogP contribution in [0.4, 0.5) is 5.69 Å². The van der Waals surface area contributed by atoms with Crippen molar-refractivity contribution in [3.63, 3.8) is 0 Å². The molecule has 1 fully saturated rings. The number of ether oxygens (including phenoxy) is 1. The molecular formula is C22H28N2O4S. The van der Waals surface area contributed by atoms with Gasteiger partial charge in [0.25, 0.3) is 0 Å². The van der Waals surface area contributed by atoms with Crippen molar-refractivity contribution in [2.75, 3.05) is 18.4 Å². The third-order valence-electron chi connectivity index (χ3n) is 5.25. The molecule has 7 heteroatoms. The van der Waals surface area contributed by atoms with Crippen molar-refractivity contribution in [1.29, 1.82) is 0 Å². The molecule has 1 saturated carbocycles. The van der Waals surface area contributed by atoms with Gasteiger partial charge in [-0.3, -0.25) is 4.79 Å². The molecule has 2 atom stereocenters. The third-order valence-corrected chi connectivity index (χ3v) is 7.29. The van der Waals surface area contributed by atoms with E-state index in [0.717, 1.165) is 12.0 Å². The third kappa shape index (κ3) is 4.79. The van der Waals surface area contributed by atoms with E-state index in [2.05, 4.69) is 5.32 Å². The fourth-order valence-corrected chi connectivity index (χ4v) is 4.70. The second-order valence-corrected chi connectivity index (χ2v) is 9.41. The predicted molar refractivity (Wildman–Crippen MR) is 114 cm³/mol. The molecule has 156 valence electrons. The van der Waals surface area contributed by atoms with Gasteiger partial charge in [0.1, 0.15) is 5.75 Å². The number of nitrogens with one attached hydrogen (secondary N) is 1. The predicted octanol–water partition coefficient (Wildman–Crippen LogP) is 4.41. The number of hydrogen-bond acceptors (Lipinski definition) is 4. The molecule has 0 heterocycles. The Labute approximate surface area is 172 Å². The van der Waals surface area contributed by atoms with E-state index in [0.29, 0.717) is 36.2 Å². The summed E-state index contributed by atoms with van der Waals surface area (Å²) in [6.45, 7) is 8.36. The van der Waals surface area contributed by atoms with Crippen LogP contribution in [0.25, 0.3) is 0 Å². The standard InChI is InChI=1S/C22H28N2O4S/c1-5-24(6-2)29(26,27)18-11-12-21(28-17-9-7-15(3)8-10-17)20(14-18)23-22(25)19-13-16(19)4/h7-12,14,16,19H,5-6,13H2,1-4H3,(H,23,25). The summed E-state index contributed by atoms with van der Waals surface area (Å²) < 4.78 is 33.2. The second-order valence-electron chi connectivity index (χ2n) is 7.47. The van der Waals surface area contributed by atoms with Crippen LogP contribution >= 0.6 is 0 Å². The van der Waals surface area contributed by atoms with Crippen LogP contribution < -0.4 is 10.1 Å². The molecule has 1 aliphatic carbocycles. The Kier molecular flexibility index (Phi) is 6.29. The van der Waals surface area contributed by atoms with Gasteiger partial charge in [0.2, 0.25) is 15.9 Å². The fraction of sp³-hybridized carbons (Fsp3) is 0.409. The Morgan fingerprint density at radius 3 is 2.31 bits per heavy atom. The van der Waals surface area contributed by atoms with Crippen molar-refractivity contribution in [2.24, 2.45) is 11.8 Å². The summed E-state index contributed by atoms with van der Waals surface area (Å²) in [4.78, 5) is 12.7. The minimum absolute atomic E-state index is 0.0368. The normalized spacial score (nSPS) is 18.5. The van der Waals surface area contributed by atoms with Gasteiger partial charge in [0.05, 0.1) is 10.6 Å². The topological polar surface area (TPSA) is 75.7 Å². The van der Waals surface area contributed by atoms with Crippen molar-refractivity contribution in [3.05, 3.63) is 48.0 Å². The average molecular weight is 417 g/mol. The lowest BCUT2D eigenvalue weighted by Crippen LogP contribution is -2.30. The first-order valence-corrected chi connectivity index (χ1v) is 11.4. The number of nitrogens with zero attached hydrogens (tertiary/aromatic N) is 1. The zero-order valence-electron chi connectivity index (χ0n) is 17.3. The number of carbonyl (C=O) groups is 1. The Hall–Kier alpha value is -2.38. The number of carbonyl (C=O) groups excluding carboxylic acids is 1. The molecule has 2 aromatic carbocycles. The van der Waals surface area contributed by atoms with Crippen LogP contribution in [0.1, 0.15) is 32.8 Å². The minimum Gasteiger partial charge on any atom is -0.455 e. The molecule has 0 spiro atoms. The van der Waals surface area contributed by atoms with Crippen molar-refractivity contribution >= 4 is 21.6 Å². The summed E-state index contributed by atoms with van der Waals surface area (Å²) in [5.74, 6) is 1.23. The molecule has 0 aliphatic heterocycles. The highest BCUT2D eigenvalue weighted by atomic mass is 32.2. The van der Waals surface area contributed by atoms with Crippen molar-refractivity contribution in [3.8, 4) is 11.5 Å². The number of aryl methyl sites for hydroxylation is 1. The maximum Gasteiger partial charge on any atom is 0.243 e. The number of benzene rings is 2. The highest BCUT2D eigenvalue weighted by molar-refractivity contribution is 7.89. The molecule has 1 aliphatic rings. The van der Waals surface area contributed by atoms with E-state index in [9.17, 15) is 13.2 Å². The molecular weight excluding hydrogens is 388 g/mol. The van der Waals surface area contributed by atoms with Crippen molar-refractivity contribution < 1.29 is 17.9 Å². The van der Waals surface area contributed by atoms with Crippen LogP contribution in [0.15, 0.2) is 47.4 Å². The highest BCUT2D eigenvalue weighted by Gasteiger charge is 2.39. The Morgan fingerprint density at radius 2 is 1.76 bits per heavy atom. The first kappa shape index (κ1) is 21.3. The zero-order chi connectivity index (χ0) is 21.2. The van der Waals surface area contributed by atoms with Gasteiger partial charge in [-0.05, 0) is 49.6 Å². The summed E-state index contributed by atoms with van der Waals surface area (Å²) in [5, 5.41) is 2.88. The summed E-state index contributed by atoms with van der Waals surface area (Å²) in [6, 6.07) is 12.1. The van der Waals surface area contributed by atoms with E-state index in [-0.39, 0.29) is 16.7 Å². The van der Waals surface area contributed by atoms with E-state index < -0.39 is 10.0 Å². The van der Waals surface area contributed by atoms with Crippen LogP contribution in [-0.2, 0) is 14.8 Å². The fourth-order valence-electron chi connectivity index (χ4n) is 3.21. The lowest BCUT2D eigenvalue weighted by molar-refractivity contribution is -0.117. The lowest BCUT2D eigenvalue weighted by Gasteiger charge is -2.20. The van der Waals surface area contributed by atoms with Gasteiger partial charge in [0.15, 0.2) is 5.75 Å². The second kappa shape index (κ2) is 8.55. The molecule has 0 bridgehead atoms. The monoisotopic (exact) mass is 416 g/mol. The van der Waals surface area contributed by atoms with Crippen LogP contribution in [0, 0.1) is 18.8 Å². The van der Waals surface area contributed by atoms with E-state index in [1.807, 2.05) is 38.1 Å². The average Bonchev–Trinajstić information content (AvgIpc) is 3.42. The number of rotatable bonds is 8. The van der Waals surface area contributed by atoms with Gasteiger partial charge >= 0.3 is 0 Å². The number of sulfonamides is 1. The number of amides is 1. The maximum absolute atomic E-state index is 12.9. The molecule has 1 N–H and O–H groups in total. The molecule has 0 aromatic heterocycles. The molecule has 6 nitrogen and oxygen atoms in total. The van der Waals surface area contributed by atoms with Crippen LogP contribution in [-0.4, -0.2) is 31.7 Å². The summed E-state index contributed by atoms with van der Waals surface area (Å²) >= 11 is 0. The molecule has 1 amide bonds. The lowest BCUT2D eigenvalue weighted by atomic mass is 10.2. The number of anilines is 1. The van der Waals surface area contributed by atoms with Gasteiger partial charge in [0, 0.05) is 19.0 Å². The number of hydrogen-bond donors (Lipinski definition) is 1. The largest absolute Gasteiger partial charge is 0.455 e. The highest BCUT2D eigenvalue weighted by Crippen LogP contribution is 2.40. The Morgan fingerprint density at radius 1 is 1.14 bits per heavy atom. The van der Waals surface area contributed by atoms with Gasteiger partial charge in [-0.25, -0.2) is 8.42 Å². The summed E-state index contributed by atoms with van der Waals surface area (Å²) in [5.41, 5.74) is 1.47. The van der Waals surface area contributed by atoms with E-state index in [1.165, 1.54) is 16.4 Å². The van der Waals surface area contributed by atoms with E-state index in [1.54, 1.807) is 19.9 Å².